The first-order valence-electron chi connectivity index (χ1n) is 3.54. The SMILES string of the molecule is CC(C(=O)O)C(=O)C(C)(C)C.[InH3]. The van der Waals surface area contributed by atoms with Crippen LogP contribution in [0.3, 0.4) is 0 Å². The molecule has 0 bridgehead atoms. The molecule has 0 aliphatic carbocycles. The van der Waals surface area contributed by atoms with Crippen molar-refractivity contribution >= 4 is 37.6 Å². The van der Waals surface area contributed by atoms with Gasteiger partial charge in [0.15, 0.2) is 5.78 Å². The predicted molar refractivity (Wildman–Crippen MR) is 51.2 cm³/mol. The number of carbonyl (C=O) groups is 2. The first-order valence-corrected chi connectivity index (χ1v) is 3.54. The second kappa shape index (κ2) is 4.90. The molecule has 0 saturated carbocycles. The number of rotatable bonds is 2. The van der Waals surface area contributed by atoms with Crippen LogP contribution in [-0.4, -0.2) is 42.7 Å². The van der Waals surface area contributed by atoms with Crippen LogP contribution >= 0.6 is 0 Å². The molecule has 0 fully saturated rings. The van der Waals surface area contributed by atoms with Gasteiger partial charge in [0.2, 0.25) is 0 Å². The number of Topliss-reactive ketones (excluding diaryl/α,β-unsaturated/α-hetero) is 1. The van der Waals surface area contributed by atoms with Crippen molar-refractivity contribution in [2.45, 2.75) is 27.7 Å². The fourth-order valence-electron chi connectivity index (χ4n) is 0.762. The summed E-state index contributed by atoms with van der Waals surface area (Å²) in [6, 6.07) is 0. The van der Waals surface area contributed by atoms with Gasteiger partial charge in [-0.1, -0.05) is 20.8 Å². The second-order valence-electron chi connectivity index (χ2n) is 3.67. The van der Waals surface area contributed by atoms with Crippen molar-refractivity contribution in [2.24, 2.45) is 11.3 Å². The van der Waals surface area contributed by atoms with E-state index in [0.717, 1.165) is 0 Å². The van der Waals surface area contributed by atoms with Gasteiger partial charge in [-0.15, -0.1) is 0 Å². The molecule has 0 heterocycles. The minimum absolute atomic E-state index is 0. The third kappa shape index (κ3) is 4.14. The number of aliphatic carboxylic acids is 1. The summed E-state index contributed by atoms with van der Waals surface area (Å²) >= 11 is 0. The molecule has 0 aromatic heterocycles. The molecule has 0 rings (SSSR count). The summed E-state index contributed by atoms with van der Waals surface area (Å²) in [6.07, 6.45) is 0. The Morgan fingerprint density at radius 3 is 1.67 bits per heavy atom. The van der Waals surface area contributed by atoms with Crippen molar-refractivity contribution in [3.8, 4) is 0 Å². The molecule has 70 valence electrons. The molecule has 1 N–H and O–H groups in total. The molecule has 0 aliphatic rings. The van der Waals surface area contributed by atoms with Crippen LogP contribution in [0.25, 0.3) is 0 Å². The zero-order valence-electron chi connectivity index (χ0n) is 7.34. The van der Waals surface area contributed by atoms with E-state index in [0.29, 0.717) is 0 Å². The fourth-order valence-corrected chi connectivity index (χ4v) is 0.762. The number of carboxylic acids is 1. The van der Waals surface area contributed by atoms with Crippen LogP contribution in [0.2, 0.25) is 0 Å². The van der Waals surface area contributed by atoms with Crippen LogP contribution in [-0.2, 0) is 9.59 Å². The van der Waals surface area contributed by atoms with Crippen molar-refractivity contribution < 1.29 is 14.7 Å². The van der Waals surface area contributed by atoms with Gasteiger partial charge in [-0.3, -0.25) is 9.59 Å². The Morgan fingerprint density at radius 1 is 1.25 bits per heavy atom. The normalized spacial score (nSPS) is 13.0. The molecule has 4 heteroatoms. The first-order chi connectivity index (χ1) is 4.76. The monoisotopic (exact) mass is 276 g/mol. The van der Waals surface area contributed by atoms with E-state index >= 15 is 0 Å². The van der Waals surface area contributed by atoms with E-state index < -0.39 is 17.3 Å². The number of hydrogen-bond acceptors (Lipinski definition) is 2. The van der Waals surface area contributed by atoms with Gasteiger partial charge < -0.3 is 5.11 Å². The van der Waals surface area contributed by atoms with Gasteiger partial charge in [0.1, 0.15) is 5.92 Å². The van der Waals surface area contributed by atoms with Gasteiger partial charge in [0, 0.05) is 5.41 Å². The van der Waals surface area contributed by atoms with Crippen molar-refractivity contribution in [2.75, 3.05) is 0 Å². The Balaban J connectivity index is 0. The summed E-state index contributed by atoms with van der Waals surface area (Å²) < 4.78 is 0. The van der Waals surface area contributed by atoms with Gasteiger partial charge in [-0.2, -0.15) is 0 Å². The predicted octanol–water partition coefficient (Wildman–Crippen LogP) is 0.138. The van der Waals surface area contributed by atoms with Gasteiger partial charge >= 0.3 is 31.8 Å². The Labute approximate surface area is 91.3 Å². The van der Waals surface area contributed by atoms with Crippen LogP contribution < -0.4 is 0 Å². The summed E-state index contributed by atoms with van der Waals surface area (Å²) in [4.78, 5) is 21.6. The van der Waals surface area contributed by atoms with E-state index in [1.807, 2.05) is 0 Å². The Hall–Kier alpha value is 0.0101. The number of carboxylic acid groups (broad SMARTS) is 1. The van der Waals surface area contributed by atoms with Crippen LogP contribution in [0.5, 0.6) is 0 Å². The van der Waals surface area contributed by atoms with Crippen LogP contribution in [0.15, 0.2) is 0 Å². The standard InChI is InChI=1S/C8H14O3.In.3H/c1-5(7(10)11)6(9)8(2,3)4;;;;/h5H,1-4H3,(H,10,11);;;;. The average Bonchev–Trinajstić information content (AvgIpc) is 1.82. The molecular formula is C8H17InO3. The Bertz CT molecular complexity index is 181. The second-order valence-corrected chi connectivity index (χ2v) is 3.67. The van der Waals surface area contributed by atoms with Crippen molar-refractivity contribution in [3.05, 3.63) is 0 Å². The number of carbonyl (C=O) groups excluding carboxylic acids is 1. The van der Waals surface area contributed by atoms with E-state index in [-0.39, 0.29) is 31.6 Å². The van der Waals surface area contributed by atoms with Crippen molar-refractivity contribution in [1.29, 1.82) is 0 Å². The van der Waals surface area contributed by atoms with Gasteiger partial charge in [0.05, 0.1) is 0 Å². The molecule has 0 amide bonds. The van der Waals surface area contributed by atoms with Crippen molar-refractivity contribution in [3.63, 3.8) is 0 Å². The summed E-state index contributed by atoms with van der Waals surface area (Å²) in [5.41, 5.74) is -0.558. The Morgan fingerprint density at radius 2 is 1.58 bits per heavy atom. The zero-order chi connectivity index (χ0) is 9.23. The molecule has 1 unspecified atom stereocenters. The van der Waals surface area contributed by atoms with E-state index in [1.165, 1.54) is 6.92 Å². The number of ketones is 1. The quantitative estimate of drug-likeness (QED) is 0.730. The molecule has 12 heavy (non-hydrogen) atoms. The van der Waals surface area contributed by atoms with Gasteiger partial charge in [-0.25, -0.2) is 0 Å². The zero-order valence-corrected chi connectivity index (χ0v) is 7.34. The first kappa shape index (κ1) is 14.5. The maximum absolute atomic E-state index is 11.2. The van der Waals surface area contributed by atoms with Crippen molar-refractivity contribution in [1.82, 2.24) is 0 Å². The average molecular weight is 276 g/mol. The molecule has 0 spiro atoms. The number of hydrogen-bond donors (Lipinski definition) is 1. The maximum atomic E-state index is 11.2. The molecule has 0 aromatic carbocycles. The summed E-state index contributed by atoms with van der Waals surface area (Å²) in [6.45, 7) is 6.56. The molecule has 0 saturated heterocycles. The fraction of sp³-hybridized carbons (Fsp3) is 0.750. The van der Waals surface area contributed by atoms with E-state index in [9.17, 15) is 9.59 Å². The van der Waals surface area contributed by atoms with Gasteiger partial charge in [-0.05, 0) is 6.92 Å². The summed E-state index contributed by atoms with van der Waals surface area (Å²) in [7, 11) is 0. The molecule has 0 radical (unpaired) electrons. The topological polar surface area (TPSA) is 54.4 Å². The van der Waals surface area contributed by atoms with Crippen LogP contribution in [0.1, 0.15) is 27.7 Å². The van der Waals surface area contributed by atoms with Gasteiger partial charge in [0.25, 0.3) is 0 Å². The molecule has 1 atom stereocenters. The Kier molecular flexibility index (Phi) is 5.93. The third-order valence-electron chi connectivity index (χ3n) is 1.50. The summed E-state index contributed by atoms with van der Waals surface area (Å²) in [5.74, 6) is -2.18. The molecule has 3 nitrogen and oxygen atoms in total. The molecule has 0 aromatic rings. The van der Waals surface area contributed by atoms with E-state index in [4.69, 9.17) is 5.11 Å². The van der Waals surface area contributed by atoms with E-state index in [1.54, 1.807) is 20.8 Å². The molecular weight excluding hydrogens is 259 g/mol. The molecule has 0 aliphatic heterocycles. The summed E-state index contributed by atoms with van der Waals surface area (Å²) in [5, 5.41) is 8.49. The third-order valence-corrected chi connectivity index (χ3v) is 1.50. The van der Waals surface area contributed by atoms with E-state index in [2.05, 4.69) is 0 Å². The minimum atomic E-state index is -1.05. The van der Waals surface area contributed by atoms with Crippen LogP contribution in [0.4, 0.5) is 0 Å². The van der Waals surface area contributed by atoms with Crippen LogP contribution in [0, 0.1) is 11.3 Å².